The van der Waals surface area contributed by atoms with E-state index < -0.39 is 6.04 Å². The van der Waals surface area contributed by atoms with Crippen LogP contribution in [0.4, 0.5) is 0 Å². The zero-order valence-corrected chi connectivity index (χ0v) is 19.3. The topological polar surface area (TPSA) is 71.1 Å². The molecule has 7 nitrogen and oxygen atoms in total. The van der Waals surface area contributed by atoms with Gasteiger partial charge in [0.05, 0.1) is 13.7 Å². The number of ether oxygens (including phenoxy) is 2. The first-order valence-electron chi connectivity index (χ1n) is 11.4. The molecule has 0 saturated carbocycles. The van der Waals surface area contributed by atoms with Gasteiger partial charge in [0.1, 0.15) is 17.5 Å². The molecule has 1 atom stereocenters. The highest BCUT2D eigenvalue weighted by Gasteiger charge is 2.25. The van der Waals surface area contributed by atoms with E-state index in [2.05, 4.69) is 28.4 Å². The zero-order chi connectivity index (χ0) is 23.2. The maximum absolute atomic E-state index is 12.8. The molecule has 174 valence electrons. The van der Waals surface area contributed by atoms with Crippen molar-refractivity contribution in [3.05, 3.63) is 65.2 Å². The third-order valence-electron chi connectivity index (χ3n) is 6.12. The van der Waals surface area contributed by atoms with Crippen molar-refractivity contribution in [2.75, 3.05) is 39.9 Å². The van der Waals surface area contributed by atoms with Crippen molar-refractivity contribution in [2.24, 2.45) is 0 Å². The van der Waals surface area contributed by atoms with Gasteiger partial charge < -0.3 is 19.7 Å². The van der Waals surface area contributed by atoms with Gasteiger partial charge >= 0.3 is 0 Å². The molecule has 0 aromatic heterocycles. The minimum atomic E-state index is -0.568. The number of amides is 2. The summed E-state index contributed by atoms with van der Waals surface area (Å²) in [4.78, 5) is 29.3. The molecule has 0 radical (unpaired) electrons. The number of methoxy groups -OCH3 is 1. The fourth-order valence-electron chi connectivity index (χ4n) is 4.21. The molecule has 33 heavy (non-hydrogen) atoms. The number of nitrogens with zero attached hydrogens (tertiary/aromatic N) is 2. The van der Waals surface area contributed by atoms with Gasteiger partial charge in [-0.25, -0.2) is 0 Å². The molecule has 2 aliphatic heterocycles. The molecule has 2 aromatic carbocycles. The van der Waals surface area contributed by atoms with Crippen LogP contribution in [0.1, 0.15) is 23.6 Å². The second-order valence-corrected chi connectivity index (χ2v) is 8.48. The highest BCUT2D eigenvalue weighted by Crippen LogP contribution is 2.26. The fourth-order valence-corrected chi connectivity index (χ4v) is 4.21. The molecule has 1 fully saturated rings. The largest absolute Gasteiger partial charge is 0.497 e. The lowest BCUT2D eigenvalue weighted by molar-refractivity contribution is -0.136. The summed E-state index contributed by atoms with van der Waals surface area (Å²) in [6.07, 6.45) is 4.14. The normalized spacial score (nSPS) is 16.8. The highest BCUT2D eigenvalue weighted by atomic mass is 16.5. The summed E-state index contributed by atoms with van der Waals surface area (Å²) in [7, 11) is 1.61. The molecule has 4 rings (SSSR count). The molecule has 2 heterocycles. The maximum atomic E-state index is 12.8. The van der Waals surface area contributed by atoms with Crippen molar-refractivity contribution in [2.45, 2.75) is 25.9 Å². The van der Waals surface area contributed by atoms with E-state index in [1.54, 1.807) is 20.1 Å². The Morgan fingerprint density at radius 1 is 1.12 bits per heavy atom. The van der Waals surface area contributed by atoms with Gasteiger partial charge in [0.25, 0.3) is 0 Å². The molecular weight excluding hydrogens is 418 g/mol. The second-order valence-electron chi connectivity index (χ2n) is 8.48. The zero-order valence-electron chi connectivity index (χ0n) is 19.3. The molecule has 1 N–H and O–H groups in total. The van der Waals surface area contributed by atoms with Crippen LogP contribution in [0, 0.1) is 0 Å². The number of benzene rings is 2. The van der Waals surface area contributed by atoms with Crippen molar-refractivity contribution in [3.8, 4) is 11.5 Å². The molecule has 7 heteroatoms. The van der Waals surface area contributed by atoms with Crippen LogP contribution in [-0.4, -0.2) is 67.6 Å². The molecule has 0 aliphatic carbocycles. The number of carbonyl (C=O) groups is 2. The quantitative estimate of drug-likeness (QED) is 0.658. The minimum absolute atomic E-state index is 0.0458. The SMILES string of the molecule is COc1ccc(/C=C/C(=O)N[C@@H](C)C(=O)N2CCN(Cc3ccc4c(c3)CCO4)CC2)cc1. The lowest BCUT2D eigenvalue weighted by atomic mass is 10.1. The first-order chi connectivity index (χ1) is 16.0. The van der Waals surface area contributed by atoms with E-state index >= 15 is 0 Å². The minimum Gasteiger partial charge on any atom is -0.497 e. The summed E-state index contributed by atoms with van der Waals surface area (Å²) in [6, 6.07) is 13.3. The van der Waals surface area contributed by atoms with Crippen LogP contribution < -0.4 is 14.8 Å². The van der Waals surface area contributed by atoms with Gasteiger partial charge in [0.15, 0.2) is 0 Å². The lowest BCUT2D eigenvalue weighted by Crippen LogP contribution is -2.53. The van der Waals surface area contributed by atoms with E-state index in [-0.39, 0.29) is 11.8 Å². The van der Waals surface area contributed by atoms with Crippen LogP contribution in [0.5, 0.6) is 11.5 Å². The summed E-state index contributed by atoms with van der Waals surface area (Å²) < 4.78 is 10.7. The van der Waals surface area contributed by atoms with Crippen molar-refractivity contribution >= 4 is 17.9 Å². The Hall–Kier alpha value is -3.32. The molecule has 2 amide bonds. The monoisotopic (exact) mass is 449 g/mol. The Bertz CT molecular complexity index is 1010. The van der Waals surface area contributed by atoms with E-state index in [1.807, 2.05) is 29.2 Å². The second kappa shape index (κ2) is 10.5. The van der Waals surface area contributed by atoms with Crippen molar-refractivity contribution < 1.29 is 19.1 Å². The first-order valence-corrected chi connectivity index (χ1v) is 11.4. The predicted molar refractivity (Wildman–Crippen MR) is 127 cm³/mol. The summed E-state index contributed by atoms with van der Waals surface area (Å²) >= 11 is 0. The van der Waals surface area contributed by atoms with Crippen LogP contribution >= 0.6 is 0 Å². The summed E-state index contributed by atoms with van der Waals surface area (Å²) in [5.74, 6) is 1.43. The Morgan fingerprint density at radius 2 is 1.88 bits per heavy atom. The molecule has 2 aliphatic rings. The van der Waals surface area contributed by atoms with Crippen molar-refractivity contribution in [1.82, 2.24) is 15.1 Å². The molecular formula is C26H31N3O4. The number of nitrogens with one attached hydrogen (secondary N) is 1. The van der Waals surface area contributed by atoms with Gasteiger partial charge in [-0.15, -0.1) is 0 Å². The number of fused-ring (bicyclic) bond motifs is 1. The Labute approximate surface area is 195 Å². The number of piperazine rings is 1. The Balaban J connectivity index is 1.22. The third kappa shape index (κ3) is 5.93. The van der Waals surface area contributed by atoms with Gasteiger partial charge in [0.2, 0.25) is 11.8 Å². The molecule has 0 bridgehead atoms. The van der Waals surface area contributed by atoms with E-state index in [9.17, 15) is 9.59 Å². The third-order valence-corrected chi connectivity index (χ3v) is 6.12. The van der Waals surface area contributed by atoms with Gasteiger partial charge in [-0.05, 0) is 47.9 Å². The van der Waals surface area contributed by atoms with Crippen LogP contribution in [0.2, 0.25) is 0 Å². The van der Waals surface area contributed by atoms with E-state index in [4.69, 9.17) is 9.47 Å². The number of hydrogen-bond acceptors (Lipinski definition) is 5. The smallest absolute Gasteiger partial charge is 0.244 e. The average Bonchev–Trinajstić information content (AvgIpc) is 3.31. The maximum Gasteiger partial charge on any atom is 0.244 e. The molecule has 1 saturated heterocycles. The fraction of sp³-hybridized carbons (Fsp3) is 0.385. The number of carbonyl (C=O) groups excluding carboxylic acids is 2. The predicted octanol–water partition coefficient (Wildman–Crippen LogP) is 2.49. The van der Waals surface area contributed by atoms with Crippen LogP contribution in [-0.2, 0) is 22.6 Å². The summed E-state index contributed by atoms with van der Waals surface area (Å²) in [5, 5.41) is 2.78. The highest BCUT2D eigenvalue weighted by molar-refractivity contribution is 5.95. The Morgan fingerprint density at radius 3 is 2.61 bits per heavy atom. The van der Waals surface area contributed by atoms with Gasteiger partial charge in [0, 0.05) is 45.2 Å². The Kier molecular flexibility index (Phi) is 7.29. The van der Waals surface area contributed by atoms with Crippen molar-refractivity contribution in [3.63, 3.8) is 0 Å². The average molecular weight is 450 g/mol. The number of rotatable bonds is 7. The molecule has 0 unspecified atom stereocenters. The van der Waals surface area contributed by atoms with Crippen LogP contribution in [0.15, 0.2) is 48.5 Å². The van der Waals surface area contributed by atoms with E-state index in [0.29, 0.717) is 13.1 Å². The lowest BCUT2D eigenvalue weighted by Gasteiger charge is -2.36. The van der Waals surface area contributed by atoms with Crippen LogP contribution in [0.25, 0.3) is 6.08 Å². The summed E-state index contributed by atoms with van der Waals surface area (Å²) in [5.41, 5.74) is 3.45. The van der Waals surface area contributed by atoms with Gasteiger partial charge in [-0.2, -0.15) is 0 Å². The van der Waals surface area contributed by atoms with Gasteiger partial charge in [-0.3, -0.25) is 14.5 Å². The standard InChI is InChI=1S/C26H31N3O4/c1-19(27-25(30)10-6-20-3-7-23(32-2)8-4-20)26(31)29-14-12-28(13-15-29)18-21-5-9-24-22(17-21)11-16-33-24/h3-10,17,19H,11-16,18H2,1-2H3,(H,27,30)/b10-6+/t19-/m0/s1. The summed E-state index contributed by atoms with van der Waals surface area (Å²) in [6.45, 7) is 6.34. The van der Waals surface area contributed by atoms with Crippen molar-refractivity contribution in [1.29, 1.82) is 0 Å². The van der Waals surface area contributed by atoms with Crippen LogP contribution in [0.3, 0.4) is 0 Å². The van der Waals surface area contributed by atoms with E-state index in [0.717, 1.165) is 49.7 Å². The molecule has 2 aromatic rings. The van der Waals surface area contributed by atoms with Gasteiger partial charge in [-0.1, -0.05) is 24.3 Å². The van der Waals surface area contributed by atoms with E-state index in [1.165, 1.54) is 17.2 Å². The number of hydrogen-bond donors (Lipinski definition) is 1. The molecule has 0 spiro atoms. The first kappa shape index (κ1) is 22.9.